The van der Waals surface area contributed by atoms with Crippen molar-refractivity contribution in [2.24, 2.45) is 5.73 Å². The highest BCUT2D eigenvalue weighted by Gasteiger charge is 2.07. The van der Waals surface area contributed by atoms with Crippen molar-refractivity contribution in [2.45, 2.75) is 12.5 Å². The van der Waals surface area contributed by atoms with Crippen LogP contribution in [-0.4, -0.2) is 30.8 Å². The average Bonchev–Trinajstić information content (AvgIpc) is 1.82. The summed E-state index contributed by atoms with van der Waals surface area (Å²) in [6.07, 6.45) is -1.44. The molecular weight excluding hydrogens is 122 g/mol. The van der Waals surface area contributed by atoms with E-state index in [0.29, 0.717) is 0 Å². The normalized spacial score (nSPS) is 19.1. The molecule has 0 aliphatic heterocycles. The molecule has 4 nitrogen and oxygen atoms in total. The Morgan fingerprint density at radius 2 is 2.78 bits per heavy atom. The number of aliphatic hydroxyl groups excluding tert-OH is 1. The minimum Gasteiger partial charge on any atom is -0.469 e. The van der Waals surface area contributed by atoms with E-state index < -0.39 is 25.5 Å². The lowest BCUT2D eigenvalue weighted by molar-refractivity contribution is -0.142. The maximum Gasteiger partial charge on any atom is 0.308 e. The molecule has 9 heavy (non-hydrogen) atoms. The summed E-state index contributed by atoms with van der Waals surface area (Å²) >= 11 is 0. The molecule has 0 aromatic rings. The van der Waals surface area contributed by atoms with Gasteiger partial charge in [0.2, 0.25) is 0 Å². The van der Waals surface area contributed by atoms with Crippen LogP contribution >= 0.6 is 0 Å². The molecule has 0 aromatic heterocycles. The van der Waals surface area contributed by atoms with E-state index in [-0.39, 0.29) is 6.54 Å². The number of rotatable bonds is 3. The van der Waals surface area contributed by atoms with E-state index in [1.165, 1.54) is 0 Å². The average molecular weight is 136 g/mol. The molecule has 1 atom stereocenters. The van der Waals surface area contributed by atoms with Gasteiger partial charge in [-0.1, -0.05) is 0 Å². The summed E-state index contributed by atoms with van der Waals surface area (Å²) in [7, 11) is -2.74. The third kappa shape index (κ3) is 3.93. The van der Waals surface area contributed by atoms with Gasteiger partial charge in [0.1, 0.15) is 0 Å². The monoisotopic (exact) mass is 136 g/mol. The molecule has 0 aliphatic rings. The number of methoxy groups -OCH3 is 1. The van der Waals surface area contributed by atoms with Crippen molar-refractivity contribution in [3.8, 4) is 0 Å². The second kappa shape index (κ2) is 4.29. The van der Waals surface area contributed by atoms with Crippen LogP contribution in [0.2, 0.25) is 0 Å². The molecule has 0 aliphatic carbocycles. The SMILES string of the molecule is [2H]C([2H])([2H])OC(=O)CC(O)CN. The Kier molecular flexibility index (Phi) is 2.02. The first-order chi connectivity index (χ1) is 5.35. The zero-order valence-corrected chi connectivity index (χ0v) is 4.83. The lowest BCUT2D eigenvalue weighted by atomic mass is 10.2. The highest BCUT2D eigenvalue weighted by Crippen LogP contribution is 1.89. The molecule has 0 heterocycles. The molecule has 1 unspecified atom stereocenters. The van der Waals surface area contributed by atoms with Crippen LogP contribution in [0.3, 0.4) is 0 Å². The van der Waals surface area contributed by atoms with Crippen LogP contribution in [0.15, 0.2) is 0 Å². The first-order valence-electron chi connectivity index (χ1n) is 3.95. The van der Waals surface area contributed by atoms with Gasteiger partial charge in [0.05, 0.1) is 23.7 Å². The van der Waals surface area contributed by atoms with Gasteiger partial charge in [0.25, 0.3) is 0 Å². The molecular formula is C5H11NO3. The van der Waals surface area contributed by atoms with Gasteiger partial charge in [-0.2, -0.15) is 0 Å². The third-order valence-electron chi connectivity index (χ3n) is 0.788. The van der Waals surface area contributed by atoms with Crippen LogP contribution in [0.5, 0.6) is 0 Å². The molecule has 0 radical (unpaired) electrons. The van der Waals surface area contributed by atoms with Crippen LogP contribution in [-0.2, 0) is 9.53 Å². The van der Waals surface area contributed by atoms with Gasteiger partial charge in [-0.05, 0) is 0 Å². The summed E-state index contributed by atoms with van der Waals surface area (Å²) in [5, 5.41) is 8.82. The topological polar surface area (TPSA) is 72.5 Å². The maximum absolute atomic E-state index is 10.6. The van der Waals surface area contributed by atoms with Crippen molar-refractivity contribution >= 4 is 5.97 Å². The van der Waals surface area contributed by atoms with Crippen LogP contribution in [0.25, 0.3) is 0 Å². The summed E-state index contributed by atoms with van der Waals surface area (Å²) < 4.78 is 23.6. The largest absolute Gasteiger partial charge is 0.469 e. The van der Waals surface area contributed by atoms with E-state index in [9.17, 15) is 4.79 Å². The van der Waals surface area contributed by atoms with E-state index in [4.69, 9.17) is 15.0 Å². The molecule has 0 fully saturated rings. The van der Waals surface area contributed by atoms with Crippen molar-refractivity contribution in [1.82, 2.24) is 0 Å². The molecule has 0 saturated heterocycles. The number of aliphatic hydroxyl groups is 1. The molecule has 0 saturated carbocycles. The first kappa shape index (κ1) is 4.24. The highest BCUT2D eigenvalue weighted by molar-refractivity contribution is 5.69. The Hall–Kier alpha value is -0.610. The van der Waals surface area contributed by atoms with Crippen molar-refractivity contribution in [3.05, 3.63) is 0 Å². The second-order valence-electron chi connectivity index (χ2n) is 1.57. The van der Waals surface area contributed by atoms with Crippen molar-refractivity contribution in [1.29, 1.82) is 0 Å². The molecule has 0 aromatic carbocycles. The second-order valence-corrected chi connectivity index (χ2v) is 1.57. The van der Waals surface area contributed by atoms with Crippen LogP contribution in [0.1, 0.15) is 10.5 Å². The molecule has 0 spiro atoms. The van der Waals surface area contributed by atoms with Crippen LogP contribution in [0, 0.1) is 0 Å². The number of esters is 1. The summed E-state index contributed by atoms with van der Waals surface area (Å²) in [4.78, 5) is 10.6. The van der Waals surface area contributed by atoms with Crippen LogP contribution < -0.4 is 5.73 Å². The Morgan fingerprint density at radius 3 is 3.22 bits per heavy atom. The fourth-order valence-electron chi connectivity index (χ4n) is 0.317. The molecule has 3 N–H and O–H groups in total. The fraction of sp³-hybridized carbons (Fsp3) is 0.800. The Morgan fingerprint density at radius 1 is 2.11 bits per heavy atom. The van der Waals surface area contributed by atoms with Gasteiger partial charge < -0.3 is 15.6 Å². The molecule has 0 rings (SSSR count). The Balaban J connectivity index is 3.75. The minimum absolute atomic E-state index is 0.101. The lowest BCUT2D eigenvalue weighted by Gasteiger charge is -2.03. The molecule has 0 amide bonds. The van der Waals surface area contributed by atoms with Crippen molar-refractivity contribution < 1.29 is 18.8 Å². The van der Waals surface area contributed by atoms with Crippen molar-refractivity contribution in [2.75, 3.05) is 13.6 Å². The Labute approximate surface area is 57.8 Å². The van der Waals surface area contributed by atoms with Crippen LogP contribution in [0.4, 0.5) is 0 Å². The first-order valence-corrected chi connectivity index (χ1v) is 2.45. The summed E-state index contributed by atoms with van der Waals surface area (Å²) in [6.45, 7) is -0.101. The van der Waals surface area contributed by atoms with Gasteiger partial charge in [0.15, 0.2) is 0 Å². The number of nitrogens with two attached hydrogens (primary N) is 1. The quantitative estimate of drug-likeness (QED) is 0.481. The summed E-state index contributed by atoms with van der Waals surface area (Å²) in [5.74, 6) is -0.979. The number of carbonyl (C=O) groups excluding carboxylic acids is 1. The maximum atomic E-state index is 10.6. The zero-order chi connectivity index (χ0) is 9.78. The molecule has 0 bridgehead atoms. The third-order valence-corrected chi connectivity index (χ3v) is 0.788. The highest BCUT2D eigenvalue weighted by atomic mass is 16.5. The van der Waals surface area contributed by atoms with E-state index in [1.807, 2.05) is 0 Å². The van der Waals surface area contributed by atoms with Gasteiger partial charge in [-0.25, -0.2) is 0 Å². The van der Waals surface area contributed by atoms with Gasteiger partial charge in [0, 0.05) is 6.54 Å². The number of hydrogen-bond acceptors (Lipinski definition) is 4. The predicted molar refractivity (Wildman–Crippen MR) is 31.7 cm³/mol. The smallest absolute Gasteiger partial charge is 0.308 e. The minimum atomic E-state index is -2.74. The standard InChI is InChI=1S/C5H11NO3/c1-9-5(8)2-4(7)3-6/h4,7H,2-3,6H2,1H3/i1D3. The zero-order valence-electron chi connectivity index (χ0n) is 7.83. The Bertz CT molecular complexity index is 159. The van der Waals surface area contributed by atoms with E-state index in [0.717, 1.165) is 0 Å². The van der Waals surface area contributed by atoms with Crippen molar-refractivity contribution in [3.63, 3.8) is 0 Å². The fourth-order valence-corrected chi connectivity index (χ4v) is 0.317. The van der Waals surface area contributed by atoms with Gasteiger partial charge in [-0.3, -0.25) is 4.79 Å². The summed E-state index contributed by atoms with van der Waals surface area (Å²) in [6, 6.07) is 0. The van der Waals surface area contributed by atoms with E-state index >= 15 is 0 Å². The number of carbonyl (C=O) groups is 1. The predicted octanol–water partition coefficient (Wildman–Crippen LogP) is -1.13. The number of hydrogen-bond donors (Lipinski definition) is 2. The van der Waals surface area contributed by atoms with Gasteiger partial charge >= 0.3 is 5.97 Å². The lowest BCUT2D eigenvalue weighted by Crippen LogP contribution is -2.23. The summed E-state index contributed by atoms with van der Waals surface area (Å²) in [5.41, 5.74) is 4.99. The number of ether oxygens (including phenoxy) is 1. The van der Waals surface area contributed by atoms with E-state index in [2.05, 4.69) is 4.74 Å². The molecule has 4 heteroatoms. The van der Waals surface area contributed by atoms with Gasteiger partial charge in [-0.15, -0.1) is 0 Å². The molecule has 54 valence electrons. The van der Waals surface area contributed by atoms with E-state index in [1.54, 1.807) is 0 Å².